The average Bonchev–Trinajstić information content (AvgIpc) is 3.23. The third-order valence-electron chi connectivity index (χ3n) is 12.1. The van der Waals surface area contributed by atoms with Crippen LogP contribution >= 0.6 is 0 Å². The summed E-state index contributed by atoms with van der Waals surface area (Å²) in [6.07, 6.45) is 11.1. The van der Waals surface area contributed by atoms with Gasteiger partial charge in [-0.05, 0) is 122 Å². The first kappa shape index (κ1) is 26.5. The van der Waals surface area contributed by atoms with Gasteiger partial charge in [0.15, 0.2) is 0 Å². The largest absolute Gasteiger partial charge is 0.497 e. The molecule has 0 heterocycles. The van der Waals surface area contributed by atoms with E-state index in [4.69, 9.17) is 4.74 Å². The lowest BCUT2D eigenvalue weighted by Crippen LogP contribution is -2.58. The van der Waals surface area contributed by atoms with E-state index in [-0.39, 0.29) is 11.3 Å². The van der Waals surface area contributed by atoms with Crippen LogP contribution in [-0.4, -0.2) is 34.6 Å². The van der Waals surface area contributed by atoms with E-state index in [0.29, 0.717) is 17.3 Å². The van der Waals surface area contributed by atoms with Crippen LogP contribution in [0, 0.1) is 46.3 Å². The van der Waals surface area contributed by atoms with Crippen LogP contribution in [0.25, 0.3) is 0 Å². The lowest BCUT2D eigenvalue weighted by molar-refractivity contribution is -0.174. The Bertz CT molecular complexity index is 902. The highest BCUT2D eigenvalue weighted by atomic mass is 16.5. The van der Waals surface area contributed by atoms with E-state index < -0.39 is 18.3 Å². The van der Waals surface area contributed by atoms with E-state index in [0.717, 1.165) is 61.2 Å². The van der Waals surface area contributed by atoms with E-state index in [1.807, 2.05) is 24.3 Å². The Kier molecular flexibility index (Phi) is 7.53. The molecule has 0 spiro atoms. The Morgan fingerprint density at radius 1 is 0.917 bits per heavy atom. The fourth-order valence-electron chi connectivity index (χ4n) is 10.1. The van der Waals surface area contributed by atoms with Gasteiger partial charge in [-0.1, -0.05) is 45.7 Å². The third kappa shape index (κ3) is 4.43. The molecule has 5 rings (SSSR count). The number of fused-ring (bicyclic) bond motifs is 5. The van der Waals surface area contributed by atoms with Gasteiger partial charge in [-0.3, -0.25) is 0 Å². The van der Waals surface area contributed by atoms with Gasteiger partial charge >= 0.3 is 0 Å². The van der Waals surface area contributed by atoms with E-state index in [1.165, 1.54) is 38.5 Å². The molecule has 4 nitrogen and oxygen atoms in total. The molecule has 1 aromatic carbocycles. The molecule has 11 atom stereocenters. The smallest absolute Gasteiger partial charge is 0.119 e. The monoisotopic (exact) mass is 498 g/mol. The summed E-state index contributed by atoms with van der Waals surface area (Å²) in [6, 6.07) is 7.84. The molecule has 0 aliphatic heterocycles. The zero-order valence-corrected chi connectivity index (χ0v) is 23.0. The number of ether oxygens (including phenoxy) is 1. The highest BCUT2D eigenvalue weighted by molar-refractivity contribution is 5.29. The van der Waals surface area contributed by atoms with Gasteiger partial charge in [0, 0.05) is 0 Å². The molecule has 0 radical (unpaired) electrons. The summed E-state index contributed by atoms with van der Waals surface area (Å²) in [5, 5.41) is 31.9. The Labute approximate surface area is 218 Å². The molecule has 1 aromatic rings. The number of benzene rings is 1. The van der Waals surface area contributed by atoms with Crippen LogP contribution in [-0.2, 0) is 0 Å². The highest BCUT2D eigenvalue weighted by Gasteiger charge is 2.61. The zero-order chi connectivity index (χ0) is 25.7. The van der Waals surface area contributed by atoms with Gasteiger partial charge in [0.25, 0.3) is 0 Å². The summed E-state index contributed by atoms with van der Waals surface area (Å²) < 4.78 is 5.33. The zero-order valence-electron chi connectivity index (χ0n) is 23.0. The fraction of sp³-hybridized carbons (Fsp3) is 0.812. The third-order valence-corrected chi connectivity index (χ3v) is 12.1. The molecular weight excluding hydrogens is 448 g/mol. The van der Waals surface area contributed by atoms with Gasteiger partial charge in [0.05, 0.1) is 25.4 Å². The van der Waals surface area contributed by atoms with Gasteiger partial charge < -0.3 is 20.1 Å². The molecule has 4 saturated carbocycles. The van der Waals surface area contributed by atoms with Crippen molar-refractivity contribution in [1.82, 2.24) is 0 Å². The lowest BCUT2D eigenvalue weighted by atomic mass is 9.44. The minimum atomic E-state index is -0.526. The summed E-state index contributed by atoms with van der Waals surface area (Å²) in [5.41, 5.74) is 1.59. The van der Waals surface area contributed by atoms with Crippen LogP contribution in [0.5, 0.6) is 5.75 Å². The normalized spacial score (nSPS) is 43.7. The number of rotatable bonds is 7. The second kappa shape index (κ2) is 10.2. The average molecular weight is 499 g/mol. The standard InChI is InChI=1S/C32H50O4/c1-20(7-5-10-28(33)21-8-6-9-22(19-21)36-4)24-13-14-25-23-11-12-27-30(35)29(34)16-18-32(27,3)26(23)15-17-31(24,25)2/h6,8-9,19-20,23-30,33-35H,5,7,10-18H2,1-4H3/t20-,23+,24-,25+,26+,27+,28?,29+,30-,31-,32-/m1/s1. The van der Waals surface area contributed by atoms with Gasteiger partial charge in [0.2, 0.25) is 0 Å². The van der Waals surface area contributed by atoms with Crippen LogP contribution in [0.4, 0.5) is 0 Å². The van der Waals surface area contributed by atoms with Crippen LogP contribution in [0.1, 0.15) is 103 Å². The van der Waals surface area contributed by atoms with E-state index in [1.54, 1.807) is 7.11 Å². The number of aliphatic hydroxyl groups excluding tert-OH is 3. The second-order valence-electron chi connectivity index (χ2n) is 13.6. The quantitative estimate of drug-likeness (QED) is 0.400. The van der Waals surface area contributed by atoms with Gasteiger partial charge in [-0.25, -0.2) is 0 Å². The van der Waals surface area contributed by atoms with Crippen molar-refractivity contribution >= 4 is 0 Å². The van der Waals surface area contributed by atoms with Crippen LogP contribution in [0.2, 0.25) is 0 Å². The maximum atomic E-state index is 10.8. The van der Waals surface area contributed by atoms with Gasteiger partial charge in [0.1, 0.15) is 5.75 Å². The Morgan fingerprint density at radius 3 is 2.42 bits per heavy atom. The molecule has 4 aliphatic rings. The number of methoxy groups -OCH3 is 1. The minimum absolute atomic E-state index is 0.197. The molecule has 4 fully saturated rings. The topological polar surface area (TPSA) is 69.9 Å². The lowest BCUT2D eigenvalue weighted by Gasteiger charge is -2.62. The molecular formula is C32H50O4. The van der Waals surface area contributed by atoms with Crippen molar-refractivity contribution in [2.75, 3.05) is 7.11 Å². The second-order valence-corrected chi connectivity index (χ2v) is 13.6. The molecule has 4 aliphatic carbocycles. The maximum Gasteiger partial charge on any atom is 0.119 e. The SMILES string of the molecule is COc1cccc(C(O)CCC[C@@H](C)[C@H]2CC[C@H]3[C@@H]4CC[C@H]5[C@@H](O)[C@@H](O)CC[C@]5(C)[C@H]4CC[C@]23C)c1. The van der Waals surface area contributed by atoms with Crippen molar-refractivity contribution in [1.29, 1.82) is 0 Å². The molecule has 202 valence electrons. The predicted octanol–water partition coefficient (Wildman–Crippen LogP) is 6.53. The predicted molar refractivity (Wildman–Crippen MR) is 144 cm³/mol. The van der Waals surface area contributed by atoms with Crippen LogP contribution < -0.4 is 4.74 Å². The summed E-state index contributed by atoms with van der Waals surface area (Å²) in [5.74, 6) is 4.87. The van der Waals surface area contributed by atoms with Gasteiger partial charge in [-0.15, -0.1) is 0 Å². The first-order valence-corrected chi connectivity index (χ1v) is 14.9. The summed E-state index contributed by atoms with van der Waals surface area (Å²) in [6.45, 7) is 7.54. The van der Waals surface area contributed by atoms with Crippen molar-refractivity contribution in [3.8, 4) is 5.75 Å². The summed E-state index contributed by atoms with van der Waals surface area (Å²) >= 11 is 0. The van der Waals surface area contributed by atoms with Crippen molar-refractivity contribution in [2.45, 2.75) is 110 Å². The van der Waals surface area contributed by atoms with Crippen LogP contribution in [0.15, 0.2) is 24.3 Å². The molecule has 3 N–H and O–H groups in total. The molecule has 0 aromatic heterocycles. The molecule has 1 unspecified atom stereocenters. The Hall–Kier alpha value is -1.10. The van der Waals surface area contributed by atoms with Crippen molar-refractivity contribution in [3.05, 3.63) is 29.8 Å². The van der Waals surface area contributed by atoms with E-state index in [9.17, 15) is 15.3 Å². The van der Waals surface area contributed by atoms with E-state index in [2.05, 4.69) is 20.8 Å². The Morgan fingerprint density at radius 2 is 1.64 bits per heavy atom. The first-order chi connectivity index (χ1) is 17.2. The number of hydrogen-bond acceptors (Lipinski definition) is 4. The summed E-state index contributed by atoms with van der Waals surface area (Å²) in [4.78, 5) is 0. The Balaban J connectivity index is 1.20. The fourth-order valence-corrected chi connectivity index (χ4v) is 10.1. The van der Waals surface area contributed by atoms with Crippen molar-refractivity contribution < 1.29 is 20.1 Å². The maximum absolute atomic E-state index is 10.8. The van der Waals surface area contributed by atoms with Gasteiger partial charge in [-0.2, -0.15) is 0 Å². The molecule has 36 heavy (non-hydrogen) atoms. The highest BCUT2D eigenvalue weighted by Crippen LogP contribution is 2.68. The van der Waals surface area contributed by atoms with E-state index >= 15 is 0 Å². The minimum Gasteiger partial charge on any atom is -0.497 e. The number of hydrogen-bond donors (Lipinski definition) is 3. The number of aliphatic hydroxyl groups is 3. The molecule has 4 heteroatoms. The van der Waals surface area contributed by atoms with Crippen LogP contribution in [0.3, 0.4) is 0 Å². The van der Waals surface area contributed by atoms with Crippen molar-refractivity contribution in [2.24, 2.45) is 46.3 Å². The summed E-state index contributed by atoms with van der Waals surface area (Å²) in [7, 11) is 1.67. The molecule has 0 amide bonds. The first-order valence-electron chi connectivity index (χ1n) is 14.9. The molecule has 0 bridgehead atoms. The van der Waals surface area contributed by atoms with Crippen molar-refractivity contribution in [3.63, 3.8) is 0 Å². The molecule has 0 saturated heterocycles.